The summed E-state index contributed by atoms with van der Waals surface area (Å²) < 4.78 is 13.4. The van der Waals surface area contributed by atoms with Crippen molar-refractivity contribution in [1.82, 2.24) is 4.98 Å². The molecule has 1 aromatic carbocycles. The first kappa shape index (κ1) is 9.98. The highest BCUT2D eigenvalue weighted by atomic mass is 32.1. The van der Waals surface area contributed by atoms with Gasteiger partial charge in [-0.2, -0.15) is 0 Å². The number of aromatic nitrogens is 1. The van der Waals surface area contributed by atoms with Gasteiger partial charge >= 0.3 is 0 Å². The number of halogens is 1. The second kappa shape index (κ2) is 3.90. The fourth-order valence-electron chi connectivity index (χ4n) is 1.37. The number of rotatable bonds is 2. The number of carbonyl (C=O) groups is 1. The predicted molar refractivity (Wildman–Crippen MR) is 57.6 cm³/mol. The SMILES string of the molecule is Cc1sc(C=O)nc1-c1ccccc1F. The smallest absolute Gasteiger partial charge is 0.178 e. The summed E-state index contributed by atoms with van der Waals surface area (Å²) in [5.41, 5.74) is 1.000. The van der Waals surface area contributed by atoms with Crippen molar-refractivity contribution >= 4 is 17.6 Å². The molecule has 0 fully saturated rings. The highest BCUT2D eigenvalue weighted by molar-refractivity contribution is 7.13. The van der Waals surface area contributed by atoms with Gasteiger partial charge in [-0.05, 0) is 19.1 Å². The van der Waals surface area contributed by atoms with Gasteiger partial charge < -0.3 is 0 Å². The lowest BCUT2D eigenvalue weighted by Gasteiger charge is -1.99. The van der Waals surface area contributed by atoms with Crippen molar-refractivity contribution in [2.24, 2.45) is 0 Å². The molecule has 0 aliphatic carbocycles. The molecule has 15 heavy (non-hydrogen) atoms. The molecule has 76 valence electrons. The van der Waals surface area contributed by atoms with Crippen LogP contribution in [0.1, 0.15) is 14.7 Å². The zero-order chi connectivity index (χ0) is 10.8. The highest BCUT2D eigenvalue weighted by Gasteiger charge is 2.12. The van der Waals surface area contributed by atoms with E-state index in [1.54, 1.807) is 18.2 Å². The number of aryl methyl sites for hydroxylation is 1. The highest BCUT2D eigenvalue weighted by Crippen LogP contribution is 2.28. The Morgan fingerprint density at radius 1 is 1.40 bits per heavy atom. The molecule has 2 aromatic rings. The van der Waals surface area contributed by atoms with Gasteiger partial charge in [0.25, 0.3) is 0 Å². The molecule has 4 heteroatoms. The van der Waals surface area contributed by atoms with Gasteiger partial charge in [0.2, 0.25) is 0 Å². The maximum absolute atomic E-state index is 13.4. The van der Waals surface area contributed by atoms with E-state index < -0.39 is 0 Å². The average Bonchev–Trinajstić information content (AvgIpc) is 2.60. The van der Waals surface area contributed by atoms with E-state index in [2.05, 4.69) is 4.98 Å². The molecule has 0 aliphatic rings. The Balaban J connectivity index is 2.58. The summed E-state index contributed by atoms with van der Waals surface area (Å²) in [5.74, 6) is -0.316. The number of thiazole rings is 1. The number of hydrogen-bond acceptors (Lipinski definition) is 3. The molecule has 1 heterocycles. The summed E-state index contributed by atoms with van der Waals surface area (Å²) in [4.78, 5) is 15.5. The molecular formula is C11H8FNOS. The summed E-state index contributed by atoms with van der Waals surface area (Å²) in [6, 6.07) is 6.42. The lowest BCUT2D eigenvalue weighted by Crippen LogP contribution is -1.86. The van der Waals surface area contributed by atoms with Crippen LogP contribution in [-0.4, -0.2) is 11.3 Å². The minimum Gasteiger partial charge on any atom is -0.295 e. The Labute approximate surface area is 90.4 Å². The number of carbonyl (C=O) groups excluding carboxylic acids is 1. The quantitative estimate of drug-likeness (QED) is 0.729. The third kappa shape index (κ3) is 1.80. The summed E-state index contributed by atoms with van der Waals surface area (Å²) in [5, 5.41) is 0.380. The van der Waals surface area contributed by atoms with Crippen LogP contribution in [0, 0.1) is 12.7 Å². The zero-order valence-electron chi connectivity index (χ0n) is 8.03. The van der Waals surface area contributed by atoms with Gasteiger partial charge in [-0.3, -0.25) is 4.79 Å². The summed E-state index contributed by atoms with van der Waals surface area (Å²) >= 11 is 1.27. The van der Waals surface area contributed by atoms with Crippen molar-refractivity contribution in [3.05, 3.63) is 40.0 Å². The van der Waals surface area contributed by atoms with E-state index in [0.29, 0.717) is 22.6 Å². The minimum atomic E-state index is -0.316. The van der Waals surface area contributed by atoms with E-state index in [4.69, 9.17) is 0 Å². The number of aldehydes is 1. The molecule has 2 rings (SSSR count). The largest absolute Gasteiger partial charge is 0.295 e. The molecule has 0 unspecified atom stereocenters. The third-order valence-electron chi connectivity index (χ3n) is 2.04. The second-order valence-electron chi connectivity index (χ2n) is 3.05. The van der Waals surface area contributed by atoms with Gasteiger partial charge in [0.15, 0.2) is 11.3 Å². The molecule has 0 saturated heterocycles. The molecular weight excluding hydrogens is 213 g/mol. The first-order valence-electron chi connectivity index (χ1n) is 4.40. The van der Waals surface area contributed by atoms with Gasteiger partial charge in [-0.25, -0.2) is 9.37 Å². The summed E-state index contributed by atoms with van der Waals surface area (Å²) in [6.07, 6.45) is 0.683. The minimum absolute atomic E-state index is 0.316. The van der Waals surface area contributed by atoms with Gasteiger partial charge in [0.05, 0.1) is 5.69 Å². The normalized spacial score (nSPS) is 10.3. The lowest BCUT2D eigenvalue weighted by atomic mass is 10.1. The fourth-order valence-corrected chi connectivity index (χ4v) is 2.12. The van der Waals surface area contributed by atoms with Crippen LogP contribution < -0.4 is 0 Å². The number of hydrogen-bond donors (Lipinski definition) is 0. The van der Waals surface area contributed by atoms with Crippen molar-refractivity contribution in [3.8, 4) is 11.3 Å². The van der Waals surface area contributed by atoms with Crippen LogP contribution in [0.4, 0.5) is 4.39 Å². The third-order valence-corrected chi connectivity index (χ3v) is 2.94. The Morgan fingerprint density at radius 3 is 2.73 bits per heavy atom. The average molecular weight is 221 g/mol. The fraction of sp³-hybridized carbons (Fsp3) is 0.0909. The molecule has 2 nitrogen and oxygen atoms in total. The van der Waals surface area contributed by atoms with Crippen LogP contribution in [0.2, 0.25) is 0 Å². The predicted octanol–water partition coefficient (Wildman–Crippen LogP) is 3.07. The zero-order valence-corrected chi connectivity index (χ0v) is 8.84. The topological polar surface area (TPSA) is 30.0 Å². The first-order chi connectivity index (χ1) is 7.22. The molecule has 1 aromatic heterocycles. The molecule has 0 atom stereocenters. The maximum Gasteiger partial charge on any atom is 0.178 e. The van der Waals surface area contributed by atoms with Crippen molar-refractivity contribution in [1.29, 1.82) is 0 Å². The van der Waals surface area contributed by atoms with Gasteiger partial charge in [-0.1, -0.05) is 12.1 Å². The molecule has 0 radical (unpaired) electrons. The van der Waals surface area contributed by atoms with Gasteiger partial charge in [0, 0.05) is 10.4 Å². The molecule has 0 aliphatic heterocycles. The van der Waals surface area contributed by atoms with E-state index in [1.807, 2.05) is 6.92 Å². The van der Waals surface area contributed by atoms with Crippen molar-refractivity contribution in [3.63, 3.8) is 0 Å². The first-order valence-corrected chi connectivity index (χ1v) is 5.21. The van der Waals surface area contributed by atoms with E-state index in [9.17, 15) is 9.18 Å². The van der Waals surface area contributed by atoms with E-state index >= 15 is 0 Å². The lowest BCUT2D eigenvalue weighted by molar-refractivity contribution is 0.112. The Morgan fingerprint density at radius 2 is 2.13 bits per heavy atom. The second-order valence-corrected chi connectivity index (χ2v) is 4.29. The van der Waals surface area contributed by atoms with Crippen LogP contribution in [0.5, 0.6) is 0 Å². The maximum atomic E-state index is 13.4. The molecule has 0 saturated carbocycles. The number of benzene rings is 1. The summed E-state index contributed by atoms with van der Waals surface area (Å²) in [7, 11) is 0. The van der Waals surface area contributed by atoms with Crippen molar-refractivity contribution < 1.29 is 9.18 Å². The van der Waals surface area contributed by atoms with E-state index in [1.165, 1.54) is 17.4 Å². The molecule has 0 spiro atoms. The molecule has 0 amide bonds. The van der Waals surface area contributed by atoms with Crippen LogP contribution in [0.25, 0.3) is 11.3 Å². The van der Waals surface area contributed by atoms with Gasteiger partial charge in [0.1, 0.15) is 5.82 Å². The van der Waals surface area contributed by atoms with E-state index in [0.717, 1.165) is 4.88 Å². The van der Waals surface area contributed by atoms with Gasteiger partial charge in [-0.15, -0.1) is 11.3 Å². The van der Waals surface area contributed by atoms with Crippen LogP contribution in [0.15, 0.2) is 24.3 Å². The van der Waals surface area contributed by atoms with Crippen molar-refractivity contribution in [2.75, 3.05) is 0 Å². The Hall–Kier alpha value is -1.55. The van der Waals surface area contributed by atoms with Crippen LogP contribution in [0.3, 0.4) is 0 Å². The Kier molecular flexibility index (Phi) is 2.60. The van der Waals surface area contributed by atoms with E-state index in [-0.39, 0.29) is 5.82 Å². The number of nitrogens with zero attached hydrogens (tertiary/aromatic N) is 1. The van der Waals surface area contributed by atoms with Crippen molar-refractivity contribution in [2.45, 2.75) is 6.92 Å². The standard InChI is InChI=1S/C11H8FNOS/c1-7-11(13-10(6-14)15-7)8-4-2-3-5-9(8)12/h2-6H,1H3. The van der Waals surface area contributed by atoms with Crippen LogP contribution in [-0.2, 0) is 0 Å². The Bertz CT molecular complexity index is 507. The molecule has 0 bridgehead atoms. The summed E-state index contributed by atoms with van der Waals surface area (Å²) in [6.45, 7) is 1.83. The van der Waals surface area contributed by atoms with Crippen LogP contribution >= 0.6 is 11.3 Å². The molecule has 0 N–H and O–H groups in total. The monoisotopic (exact) mass is 221 g/mol.